The van der Waals surface area contributed by atoms with E-state index in [1.165, 1.54) is 12.8 Å². The molecule has 0 heterocycles. The van der Waals surface area contributed by atoms with Crippen LogP contribution in [0.25, 0.3) is 0 Å². The standard InChI is InChI=1S/C13H23NO3/c1-2-14(10-9-12(15)16)13(17)11-7-5-3-4-6-8-11/h11H,2-10H2,1H3,(H,15,16). The molecule has 0 aromatic carbocycles. The van der Waals surface area contributed by atoms with Gasteiger partial charge in [0.1, 0.15) is 0 Å². The Balaban J connectivity index is 2.48. The number of nitrogens with zero attached hydrogens (tertiary/aromatic N) is 1. The van der Waals surface area contributed by atoms with Crippen LogP contribution >= 0.6 is 0 Å². The molecular weight excluding hydrogens is 218 g/mol. The number of carbonyl (C=O) groups excluding carboxylic acids is 1. The van der Waals surface area contributed by atoms with Gasteiger partial charge in [0.05, 0.1) is 6.42 Å². The lowest BCUT2D eigenvalue weighted by atomic mass is 9.98. The summed E-state index contributed by atoms with van der Waals surface area (Å²) < 4.78 is 0. The normalized spacial score (nSPS) is 17.5. The lowest BCUT2D eigenvalue weighted by molar-refractivity contribution is -0.139. The molecule has 0 unspecified atom stereocenters. The van der Waals surface area contributed by atoms with Crippen molar-refractivity contribution in [3.05, 3.63) is 0 Å². The monoisotopic (exact) mass is 241 g/mol. The molecule has 0 bridgehead atoms. The number of rotatable bonds is 5. The van der Waals surface area contributed by atoms with Crippen LogP contribution in [0.1, 0.15) is 51.9 Å². The van der Waals surface area contributed by atoms with Crippen LogP contribution in [0.5, 0.6) is 0 Å². The van der Waals surface area contributed by atoms with E-state index in [0.29, 0.717) is 13.1 Å². The predicted molar refractivity (Wildman–Crippen MR) is 65.7 cm³/mol. The van der Waals surface area contributed by atoms with Crippen LogP contribution in [0.2, 0.25) is 0 Å². The molecule has 0 saturated heterocycles. The van der Waals surface area contributed by atoms with Gasteiger partial charge in [-0.25, -0.2) is 0 Å². The predicted octanol–water partition coefficient (Wildman–Crippen LogP) is 2.28. The van der Waals surface area contributed by atoms with Crippen molar-refractivity contribution in [1.82, 2.24) is 4.90 Å². The zero-order chi connectivity index (χ0) is 12.7. The van der Waals surface area contributed by atoms with Crippen molar-refractivity contribution in [2.24, 2.45) is 5.92 Å². The number of hydrogen-bond acceptors (Lipinski definition) is 2. The molecule has 1 N–H and O–H groups in total. The summed E-state index contributed by atoms with van der Waals surface area (Å²) in [7, 11) is 0. The summed E-state index contributed by atoms with van der Waals surface area (Å²) in [5.74, 6) is -0.543. The largest absolute Gasteiger partial charge is 0.481 e. The van der Waals surface area contributed by atoms with Gasteiger partial charge in [-0.2, -0.15) is 0 Å². The minimum Gasteiger partial charge on any atom is -0.481 e. The van der Waals surface area contributed by atoms with Crippen molar-refractivity contribution in [2.45, 2.75) is 51.9 Å². The van der Waals surface area contributed by atoms with Crippen LogP contribution in [0.3, 0.4) is 0 Å². The number of amides is 1. The van der Waals surface area contributed by atoms with E-state index in [1.54, 1.807) is 4.90 Å². The Morgan fingerprint density at radius 1 is 1.18 bits per heavy atom. The van der Waals surface area contributed by atoms with Gasteiger partial charge in [-0.05, 0) is 19.8 Å². The smallest absolute Gasteiger partial charge is 0.305 e. The van der Waals surface area contributed by atoms with E-state index in [1.807, 2.05) is 6.92 Å². The van der Waals surface area contributed by atoms with Gasteiger partial charge in [0.25, 0.3) is 0 Å². The van der Waals surface area contributed by atoms with E-state index in [-0.39, 0.29) is 18.2 Å². The number of carboxylic acids is 1. The Kier molecular flexibility index (Phi) is 6.01. The molecule has 1 fully saturated rings. The quantitative estimate of drug-likeness (QED) is 0.751. The Morgan fingerprint density at radius 2 is 1.76 bits per heavy atom. The molecule has 0 aliphatic heterocycles. The van der Waals surface area contributed by atoms with E-state index in [9.17, 15) is 9.59 Å². The molecule has 1 aliphatic carbocycles. The van der Waals surface area contributed by atoms with Crippen molar-refractivity contribution >= 4 is 11.9 Å². The molecule has 0 aromatic rings. The first-order chi connectivity index (χ1) is 8.15. The highest BCUT2D eigenvalue weighted by atomic mass is 16.4. The van der Waals surface area contributed by atoms with Gasteiger partial charge in [0.15, 0.2) is 0 Å². The second kappa shape index (κ2) is 7.30. The lowest BCUT2D eigenvalue weighted by Crippen LogP contribution is -2.37. The fourth-order valence-corrected chi connectivity index (χ4v) is 2.44. The molecule has 1 rings (SSSR count). The summed E-state index contributed by atoms with van der Waals surface area (Å²) in [6.07, 6.45) is 6.72. The maximum absolute atomic E-state index is 12.2. The third-order valence-corrected chi connectivity index (χ3v) is 3.49. The van der Waals surface area contributed by atoms with Crippen molar-refractivity contribution in [3.63, 3.8) is 0 Å². The average molecular weight is 241 g/mol. The van der Waals surface area contributed by atoms with Crippen LogP contribution < -0.4 is 0 Å². The first-order valence-corrected chi connectivity index (χ1v) is 6.65. The Labute approximate surface area is 103 Å². The summed E-state index contributed by atoms with van der Waals surface area (Å²) in [6.45, 7) is 2.88. The van der Waals surface area contributed by atoms with Gasteiger partial charge in [-0.15, -0.1) is 0 Å². The molecule has 1 saturated carbocycles. The Hall–Kier alpha value is -1.06. The average Bonchev–Trinajstić information content (AvgIpc) is 2.57. The van der Waals surface area contributed by atoms with Crippen molar-refractivity contribution < 1.29 is 14.7 Å². The summed E-state index contributed by atoms with van der Waals surface area (Å²) in [5, 5.41) is 8.66. The third kappa shape index (κ3) is 4.75. The Morgan fingerprint density at radius 3 is 2.24 bits per heavy atom. The van der Waals surface area contributed by atoms with Crippen molar-refractivity contribution in [3.8, 4) is 0 Å². The number of carbonyl (C=O) groups is 2. The van der Waals surface area contributed by atoms with E-state index in [4.69, 9.17) is 5.11 Å². The van der Waals surface area contributed by atoms with Crippen LogP contribution in [0.15, 0.2) is 0 Å². The van der Waals surface area contributed by atoms with E-state index in [0.717, 1.165) is 25.7 Å². The topological polar surface area (TPSA) is 57.6 Å². The maximum atomic E-state index is 12.2. The summed E-state index contributed by atoms with van der Waals surface area (Å²) in [4.78, 5) is 24.5. The second-order valence-corrected chi connectivity index (χ2v) is 4.75. The SMILES string of the molecule is CCN(CCC(=O)O)C(=O)C1CCCCCC1. The molecule has 1 aliphatic rings. The van der Waals surface area contributed by atoms with Crippen LogP contribution in [0, 0.1) is 5.92 Å². The highest BCUT2D eigenvalue weighted by Crippen LogP contribution is 2.24. The zero-order valence-electron chi connectivity index (χ0n) is 10.7. The first kappa shape index (κ1) is 14.0. The van der Waals surface area contributed by atoms with E-state index < -0.39 is 5.97 Å². The van der Waals surface area contributed by atoms with Gasteiger partial charge in [-0.1, -0.05) is 25.7 Å². The van der Waals surface area contributed by atoms with Gasteiger partial charge < -0.3 is 10.0 Å². The summed E-state index contributed by atoms with van der Waals surface area (Å²) >= 11 is 0. The lowest BCUT2D eigenvalue weighted by Gasteiger charge is -2.25. The molecule has 4 nitrogen and oxygen atoms in total. The molecule has 4 heteroatoms. The van der Waals surface area contributed by atoms with Crippen molar-refractivity contribution in [2.75, 3.05) is 13.1 Å². The highest BCUT2D eigenvalue weighted by Gasteiger charge is 2.24. The zero-order valence-corrected chi connectivity index (χ0v) is 10.7. The number of aliphatic carboxylic acids is 1. The Bertz CT molecular complexity index is 257. The summed E-state index contributed by atoms with van der Waals surface area (Å²) in [6, 6.07) is 0. The molecule has 0 radical (unpaired) electrons. The van der Waals surface area contributed by atoms with Gasteiger partial charge in [-0.3, -0.25) is 9.59 Å². The second-order valence-electron chi connectivity index (χ2n) is 4.75. The van der Waals surface area contributed by atoms with E-state index >= 15 is 0 Å². The van der Waals surface area contributed by atoms with Gasteiger partial charge in [0, 0.05) is 19.0 Å². The molecule has 17 heavy (non-hydrogen) atoms. The molecular formula is C13H23NO3. The van der Waals surface area contributed by atoms with Crippen molar-refractivity contribution in [1.29, 1.82) is 0 Å². The molecule has 0 spiro atoms. The molecule has 0 atom stereocenters. The summed E-state index contributed by atoms with van der Waals surface area (Å²) in [5.41, 5.74) is 0. The third-order valence-electron chi connectivity index (χ3n) is 3.49. The van der Waals surface area contributed by atoms with Crippen LogP contribution in [-0.2, 0) is 9.59 Å². The van der Waals surface area contributed by atoms with E-state index in [2.05, 4.69) is 0 Å². The highest BCUT2D eigenvalue weighted by molar-refractivity contribution is 5.79. The minimum atomic E-state index is -0.836. The fraction of sp³-hybridized carbons (Fsp3) is 0.846. The van der Waals surface area contributed by atoms with Crippen LogP contribution in [0.4, 0.5) is 0 Å². The maximum Gasteiger partial charge on any atom is 0.305 e. The van der Waals surface area contributed by atoms with Crippen LogP contribution in [-0.4, -0.2) is 35.0 Å². The minimum absolute atomic E-state index is 0.0479. The fourth-order valence-electron chi connectivity index (χ4n) is 2.44. The molecule has 1 amide bonds. The van der Waals surface area contributed by atoms with Gasteiger partial charge >= 0.3 is 5.97 Å². The number of carboxylic acid groups (broad SMARTS) is 1. The molecule has 0 aromatic heterocycles. The van der Waals surface area contributed by atoms with Gasteiger partial charge in [0.2, 0.25) is 5.91 Å². The first-order valence-electron chi connectivity index (χ1n) is 6.65. The molecule has 98 valence electrons. The number of hydrogen-bond donors (Lipinski definition) is 1.